The lowest BCUT2D eigenvalue weighted by molar-refractivity contribution is -0.140. The molecule has 1 amide bonds. The van der Waals surface area contributed by atoms with E-state index in [0.717, 1.165) is 11.1 Å². The number of hydrogen-bond acceptors (Lipinski definition) is 7. The molecule has 0 fully saturated rings. The molecule has 8 nitrogen and oxygen atoms in total. The Kier molecular flexibility index (Phi) is 6.71. The van der Waals surface area contributed by atoms with Gasteiger partial charge in [-0.3, -0.25) is 4.79 Å². The summed E-state index contributed by atoms with van der Waals surface area (Å²) >= 11 is 0. The number of anilines is 2. The minimum Gasteiger partial charge on any atom is -0.466 e. The van der Waals surface area contributed by atoms with Crippen molar-refractivity contribution in [3.63, 3.8) is 0 Å². The maximum Gasteiger partial charge on any atom is 0.355 e. The van der Waals surface area contributed by atoms with Gasteiger partial charge in [-0.1, -0.05) is 12.1 Å². The minimum atomic E-state index is -0.700. The summed E-state index contributed by atoms with van der Waals surface area (Å²) in [6, 6.07) is 12.5. The van der Waals surface area contributed by atoms with Gasteiger partial charge in [0.2, 0.25) is 0 Å². The molecule has 2 aromatic rings. The van der Waals surface area contributed by atoms with E-state index in [2.05, 4.69) is 5.32 Å². The Balaban J connectivity index is 1.94. The van der Waals surface area contributed by atoms with Crippen molar-refractivity contribution in [3.8, 4) is 0 Å². The predicted octanol–water partition coefficient (Wildman–Crippen LogP) is 2.95. The average molecular weight is 424 g/mol. The highest BCUT2D eigenvalue weighted by atomic mass is 16.5. The zero-order chi connectivity index (χ0) is 22.5. The van der Waals surface area contributed by atoms with Gasteiger partial charge >= 0.3 is 11.9 Å². The van der Waals surface area contributed by atoms with Crippen molar-refractivity contribution < 1.29 is 28.6 Å². The summed E-state index contributed by atoms with van der Waals surface area (Å²) in [5, 5.41) is 2.88. The first-order valence-corrected chi connectivity index (χ1v) is 9.58. The highest BCUT2D eigenvalue weighted by Gasteiger charge is 2.32. The minimum absolute atomic E-state index is 0.00702. The molecule has 1 aliphatic heterocycles. The fourth-order valence-corrected chi connectivity index (χ4v) is 3.41. The molecular formula is C23H24N2O6. The summed E-state index contributed by atoms with van der Waals surface area (Å²) in [6.45, 7) is 3.84. The second kappa shape index (κ2) is 9.44. The molecule has 0 saturated carbocycles. The van der Waals surface area contributed by atoms with Crippen molar-refractivity contribution in [1.29, 1.82) is 0 Å². The number of amides is 1. The molecule has 0 aromatic heterocycles. The van der Waals surface area contributed by atoms with E-state index in [1.807, 2.05) is 32.0 Å². The van der Waals surface area contributed by atoms with Crippen LogP contribution >= 0.6 is 0 Å². The number of nitrogens with zero attached hydrogens (tertiary/aromatic N) is 1. The van der Waals surface area contributed by atoms with Crippen molar-refractivity contribution in [2.75, 3.05) is 37.8 Å². The van der Waals surface area contributed by atoms with E-state index < -0.39 is 11.9 Å². The molecule has 2 aromatic carbocycles. The molecule has 3 rings (SSSR count). The number of nitrogens with one attached hydrogen (secondary N) is 1. The Hall–Kier alpha value is -3.65. The van der Waals surface area contributed by atoms with Crippen molar-refractivity contribution in [1.82, 2.24) is 0 Å². The van der Waals surface area contributed by atoms with E-state index in [1.54, 1.807) is 24.3 Å². The molecule has 0 bridgehead atoms. The van der Waals surface area contributed by atoms with Crippen LogP contribution < -0.4 is 10.2 Å². The third kappa shape index (κ3) is 4.92. The fraction of sp³-hybridized carbons (Fsp3) is 0.261. The quantitative estimate of drug-likeness (QED) is 0.738. The highest BCUT2D eigenvalue weighted by Crippen LogP contribution is 2.27. The molecule has 0 atom stereocenters. The van der Waals surface area contributed by atoms with Crippen LogP contribution in [0.2, 0.25) is 0 Å². The maximum absolute atomic E-state index is 12.8. The Morgan fingerprint density at radius 1 is 0.968 bits per heavy atom. The van der Waals surface area contributed by atoms with Gasteiger partial charge in [-0.25, -0.2) is 9.59 Å². The number of aryl methyl sites for hydroxylation is 2. The zero-order valence-electron chi connectivity index (χ0n) is 17.9. The molecule has 1 aliphatic rings. The van der Waals surface area contributed by atoms with Crippen molar-refractivity contribution in [3.05, 3.63) is 70.4 Å². The number of ether oxygens (including phenoxy) is 3. The van der Waals surface area contributed by atoms with Gasteiger partial charge in [0, 0.05) is 16.9 Å². The van der Waals surface area contributed by atoms with Gasteiger partial charge in [-0.2, -0.15) is 0 Å². The Morgan fingerprint density at radius 3 is 2.29 bits per heavy atom. The predicted molar refractivity (Wildman–Crippen MR) is 115 cm³/mol. The van der Waals surface area contributed by atoms with E-state index in [0.29, 0.717) is 16.9 Å². The summed E-state index contributed by atoms with van der Waals surface area (Å²) in [7, 11) is 2.45. The third-order valence-corrected chi connectivity index (χ3v) is 4.73. The normalized spacial score (nSPS) is 13.6. The highest BCUT2D eigenvalue weighted by molar-refractivity contribution is 6.06. The Labute approximate surface area is 180 Å². The summed E-state index contributed by atoms with van der Waals surface area (Å²) in [5.41, 5.74) is 3.71. The van der Waals surface area contributed by atoms with Crippen LogP contribution in [-0.2, 0) is 23.8 Å². The van der Waals surface area contributed by atoms with E-state index in [4.69, 9.17) is 14.2 Å². The molecule has 1 N–H and O–H groups in total. The average Bonchev–Trinajstić information content (AvgIpc) is 2.76. The molecule has 162 valence electrons. The summed E-state index contributed by atoms with van der Waals surface area (Å²) < 4.78 is 15.1. The Morgan fingerprint density at radius 2 is 1.65 bits per heavy atom. The van der Waals surface area contributed by atoms with Crippen LogP contribution in [0.1, 0.15) is 21.5 Å². The standard InChI is InChI=1S/C23H24N2O6/c1-14-8-15(2)10-17(9-14)24-21(26)16-6-5-7-18(11-16)25-13-31-12-19(22(27)29-3)20(25)23(28)30-4/h5-11H,12-13H2,1-4H3,(H,24,26). The molecule has 0 spiro atoms. The first-order chi connectivity index (χ1) is 14.8. The van der Waals surface area contributed by atoms with E-state index >= 15 is 0 Å². The van der Waals surface area contributed by atoms with Gasteiger partial charge < -0.3 is 24.4 Å². The lowest BCUT2D eigenvalue weighted by Crippen LogP contribution is -2.38. The van der Waals surface area contributed by atoms with Crippen LogP contribution in [0.5, 0.6) is 0 Å². The van der Waals surface area contributed by atoms with Crippen molar-refractivity contribution in [2.24, 2.45) is 0 Å². The smallest absolute Gasteiger partial charge is 0.355 e. The molecular weight excluding hydrogens is 400 g/mol. The van der Waals surface area contributed by atoms with Crippen molar-refractivity contribution in [2.45, 2.75) is 13.8 Å². The van der Waals surface area contributed by atoms with Crippen LogP contribution in [0.25, 0.3) is 0 Å². The summed E-state index contributed by atoms with van der Waals surface area (Å²) in [6.07, 6.45) is 0. The SMILES string of the molecule is COC(=O)C1=C(C(=O)OC)N(c2cccc(C(=O)Nc3cc(C)cc(C)c3)c2)COC1. The van der Waals surface area contributed by atoms with Gasteiger partial charge in [0.1, 0.15) is 12.4 Å². The number of esters is 2. The number of carbonyl (C=O) groups excluding carboxylic acids is 3. The number of benzene rings is 2. The topological polar surface area (TPSA) is 94.2 Å². The first-order valence-electron chi connectivity index (χ1n) is 9.58. The molecule has 8 heteroatoms. The van der Waals surface area contributed by atoms with E-state index in [9.17, 15) is 14.4 Å². The van der Waals surface area contributed by atoms with Gasteiger partial charge in [0.15, 0.2) is 0 Å². The Bertz CT molecular complexity index is 1040. The fourth-order valence-electron chi connectivity index (χ4n) is 3.41. The number of rotatable bonds is 5. The number of hydrogen-bond donors (Lipinski definition) is 1. The van der Waals surface area contributed by atoms with Crippen LogP contribution in [0.4, 0.5) is 11.4 Å². The second-order valence-electron chi connectivity index (χ2n) is 7.10. The lowest BCUT2D eigenvalue weighted by Gasteiger charge is -2.31. The zero-order valence-corrected chi connectivity index (χ0v) is 17.9. The number of carbonyl (C=O) groups is 3. The van der Waals surface area contributed by atoms with Crippen LogP contribution in [0.15, 0.2) is 53.7 Å². The molecule has 0 saturated heterocycles. The van der Waals surface area contributed by atoms with Gasteiger partial charge in [0.25, 0.3) is 5.91 Å². The van der Waals surface area contributed by atoms with Gasteiger partial charge in [0.05, 0.1) is 26.4 Å². The third-order valence-electron chi connectivity index (χ3n) is 4.73. The van der Waals surface area contributed by atoms with Crippen LogP contribution in [-0.4, -0.2) is 45.4 Å². The molecule has 1 heterocycles. The first kappa shape index (κ1) is 22.0. The second-order valence-corrected chi connectivity index (χ2v) is 7.10. The van der Waals surface area contributed by atoms with E-state index in [1.165, 1.54) is 19.1 Å². The molecule has 0 radical (unpaired) electrons. The maximum atomic E-state index is 12.8. The van der Waals surface area contributed by atoms with Gasteiger partial charge in [-0.15, -0.1) is 0 Å². The number of methoxy groups -OCH3 is 2. The molecule has 0 unspecified atom stereocenters. The van der Waals surface area contributed by atoms with Crippen LogP contribution in [0, 0.1) is 13.8 Å². The van der Waals surface area contributed by atoms with Crippen LogP contribution in [0.3, 0.4) is 0 Å². The largest absolute Gasteiger partial charge is 0.466 e. The monoisotopic (exact) mass is 424 g/mol. The van der Waals surface area contributed by atoms with E-state index in [-0.39, 0.29) is 30.5 Å². The summed E-state index contributed by atoms with van der Waals surface area (Å²) in [5.74, 6) is -1.69. The molecule has 0 aliphatic carbocycles. The summed E-state index contributed by atoms with van der Waals surface area (Å²) in [4.78, 5) is 38.9. The van der Waals surface area contributed by atoms with Gasteiger partial charge in [-0.05, 0) is 55.3 Å². The lowest BCUT2D eigenvalue weighted by atomic mass is 10.1. The molecule has 31 heavy (non-hydrogen) atoms. The van der Waals surface area contributed by atoms with Crippen molar-refractivity contribution >= 4 is 29.2 Å².